The Labute approximate surface area is 122 Å². The molecule has 2 amide bonds. The van der Waals surface area contributed by atoms with E-state index in [-0.39, 0.29) is 16.3 Å². The standard InChI is InChI=1S/C14H15ClN2O3/c1-2-3-4-5-9-16-14(20)17-11-8-6-7-10(15)12(11)13(18)19/h1,6-8H,3-5,9H2,(H,18,19)(H2,16,17,20). The van der Waals surface area contributed by atoms with Crippen LogP contribution in [0.5, 0.6) is 0 Å². The van der Waals surface area contributed by atoms with Crippen molar-refractivity contribution in [1.29, 1.82) is 0 Å². The van der Waals surface area contributed by atoms with Gasteiger partial charge in [0.15, 0.2) is 0 Å². The molecule has 0 spiro atoms. The maximum Gasteiger partial charge on any atom is 0.339 e. The normalized spacial score (nSPS) is 9.60. The number of carboxylic acids is 1. The van der Waals surface area contributed by atoms with E-state index in [1.165, 1.54) is 12.1 Å². The van der Waals surface area contributed by atoms with Crippen molar-refractivity contribution in [2.45, 2.75) is 19.3 Å². The first-order chi connectivity index (χ1) is 9.56. The summed E-state index contributed by atoms with van der Waals surface area (Å²) < 4.78 is 0. The summed E-state index contributed by atoms with van der Waals surface area (Å²) in [6.07, 6.45) is 7.37. The van der Waals surface area contributed by atoms with Gasteiger partial charge in [0.25, 0.3) is 0 Å². The van der Waals surface area contributed by atoms with Gasteiger partial charge in [-0.05, 0) is 25.0 Å². The average molecular weight is 295 g/mol. The molecule has 106 valence electrons. The summed E-state index contributed by atoms with van der Waals surface area (Å²) in [4.78, 5) is 22.7. The van der Waals surface area contributed by atoms with Crippen molar-refractivity contribution >= 4 is 29.3 Å². The van der Waals surface area contributed by atoms with Crippen LogP contribution in [0.25, 0.3) is 0 Å². The van der Waals surface area contributed by atoms with E-state index in [0.29, 0.717) is 13.0 Å². The van der Waals surface area contributed by atoms with Gasteiger partial charge in [0, 0.05) is 13.0 Å². The van der Waals surface area contributed by atoms with Gasteiger partial charge in [-0.15, -0.1) is 12.3 Å². The molecule has 0 fully saturated rings. The molecule has 3 N–H and O–H groups in total. The number of anilines is 1. The number of halogens is 1. The molecule has 0 aliphatic rings. The highest BCUT2D eigenvalue weighted by Crippen LogP contribution is 2.24. The molecule has 0 aliphatic heterocycles. The molecular weight excluding hydrogens is 280 g/mol. The van der Waals surface area contributed by atoms with Crippen molar-refractivity contribution in [1.82, 2.24) is 5.32 Å². The van der Waals surface area contributed by atoms with Gasteiger partial charge in [-0.3, -0.25) is 0 Å². The summed E-state index contributed by atoms with van der Waals surface area (Å²) >= 11 is 5.80. The summed E-state index contributed by atoms with van der Waals surface area (Å²) in [7, 11) is 0. The van der Waals surface area contributed by atoms with E-state index >= 15 is 0 Å². The van der Waals surface area contributed by atoms with Crippen molar-refractivity contribution in [2.75, 3.05) is 11.9 Å². The number of nitrogens with one attached hydrogen (secondary N) is 2. The van der Waals surface area contributed by atoms with Crippen molar-refractivity contribution in [3.63, 3.8) is 0 Å². The Hall–Kier alpha value is -2.19. The Morgan fingerprint density at radius 2 is 2.10 bits per heavy atom. The smallest absolute Gasteiger partial charge is 0.339 e. The van der Waals surface area contributed by atoms with Crippen LogP contribution >= 0.6 is 11.6 Å². The number of carboxylic acid groups (broad SMARTS) is 1. The number of urea groups is 1. The monoisotopic (exact) mass is 294 g/mol. The number of amides is 2. The van der Waals surface area contributed by atoms with Gasteiger partial charge < -0.3 is 15.7 Å². The molecule has 1 aromatic rings. The summed E-state index contributed by atoms with van der Waals surface area (Å²) in [5, 5.41) is 14.2. The van der Waals surface area contributed by atoms with E-state index in [1.807, 2.05) is 0 Å². The fourth-order valence-corrected chi connectivity index (χ4v) is 1.82. The third kappa shape index (κ3) is 4.82. The topological polar surface area (TPSA) is 78.4 Å². The zero-order valence-corrected chi connectivity index (χ0v) is 11.5. The summed E-state index contributed by atoms with van der Waals surface area (Å²) in [6, 6.07) is 4.02. The van der Waals surface area contributed by atoms with E-state index in [4.69, 9.17) is 23.1 Å². The Morgan fingerprint density at radius 3 is 2.75 bits per heavy atom. The first-order valence-corrected chi connectivity index (χ1v) is 6.44. The average Bonchev–Trinajstić information content (AvgIpc) is 2.38. The number of carbonyl (C=O) groups excluding carboxylic acids is 1. The van der Waals surface area contributed by atoms with Crippen LogP contribution < -0.4 is 10.6 Å². The largest absolute Gasteiger partial charge is 0.478 e. The molecule has 0 heterocycles. The lowest BCUT2D eigenvalue weighted by Crippen LogP contribution is -2.30. The second-order valence-electron chi connectivity index (χ2n) is 4.01. The van der Waals surface area contributed by atoms with Crippen LogP contribution in [0, 0.1) is 12.3 Å². The van der Waals surface area contributed by atoms with Gasteiger partial charge in [0.05, 0.1) is 10.7 Å². The molecule has 0 aliphatic carbocycles. The molecule has 0 saturated heterocycles. The molecule has 5 nitrogen and oxygen atoms in total. The van der Waals surface area contributed by atoms with Gasteiger partial charge in [-0.1, -0.05) is 17.7 Å². The third-order valence-electron chi connectivity index (χ3n) is 2.51. The van der Waals surface area contributed by atoms with E-state index in [1.54, 1.807) is 6.07 Å². The second kappa shape index (κ2) is 8.08. The van der Waals surface area contributed by atoms with Gasteiger partial charge in [-0.25, -0.2) is 9.59 Å². The fraction of sp³-hybridized carbons (Fsp3) is 0.286. The van der Waals surface area contributed by atoms with E-state index < -0.39 is 12.0 Å². The minimum Gasteiger partial charge on any atom is -0.478 e. The highest BCUT2D eigenvalue weighted by Gasteiger charge is 2.15. The number of aromatic carboxylic acids is 1. The van der Waals surface area contributed by atoms with Crippen molar-refractivity contribution < 1.29 is 14.7 Å². The van der Waals surface area contributed by atoms with Gasteiger partial charge >= 0.3 is 12.0 Å². The lowest BCUT2D eigenvalue weighted by Gasteiger charge is -2.10. The summed E-state index contributed by atoms with van der Waals surface area (Å²) in [5.74, 6) is 1.32. The van der Waals surface area contributed by atoms with Crippen LogP contribution in [0.15, 0.2) is 18.2 Å². The van der Waals surface area contributed by atoms with Crippen LogP contribution in [-0.4, -0.2) is 23.7 Å². The molecule has 1 rings (SSSR count). The molecule has 0 unspecified atom stereocenters. The van der Waals surface area contributed by atoms with Crippen LogP contribution in [0.1, 0.15) is 29.6 Å². The Balaban J connectivity index is 2.56. The van der Waals surface area contributed by atoms with Crippen LogP contribution in [0.3, 0.4) is 0 Å². The Morgan fingerprint density at radius 1 is 1.35 bits per heavy atom. The number of benzene rings is 1. The Bertz CT molecular complexity index is 538. The predicted octanol–water partition coefficient (Wildman–Crippen LogP) is 2.96. The summed E-state index contributed by atoms with van der Waals surface area (Å²) in [5.41, 5.74) is 0.0303. The highest BCUT2D eigenvalue weighted by atomic mass is 35.5. The molecule has 1 aromatic carbocycles. The molecule has 0 atom stereocenters. The molecule has 20 heavy (non-hydrogen) atoms. The third-order valence-corrected chi connectivity index (χ3v) is 2.82. The van der Waals surface area contributed by atoms with Crippen molar-refractivity contribution in [3.05, 3.63) is 28.8 Å². The van der Waals surface area contributed by atoms with Crippen LogP contribution in [0.4, 0.5) is 10.5 Å². The number of hydrogen-bond donors (Lipinski definition) is 3. The second-order valence-corrected chi connectivity index (χ2v) is 4.42. The first kappa shape index (κ1) is 15.9. The Kier molecular flexibility index (Phi) is 6.41. The lowest BCUT2D eigenvalue weighted by atomic mass is 10.2. The van der Waals surface area contributed by atoms with E-state index in [9.17, 15) is 9.59 Å². The number of hydrogen-bond acceptors (Lipinski definition) is 2. The van der Waals surface area contributed by atoms with E-state index in [2.05, 4.69) is 16.6 Å². The highest BCUT2D eigenvalue weighted by molar-refractivity contribution is 6.34. The fourth-order valence-electron chi connectivity index (χ4n) is 1.57. The SMILES string of the molecule is C#CCCCCNC(=O)Nc1cccc(Cl)c1C(=O)O. The molecule has 0 bridgehead atoms. The quantitative estimate of drug-likeness (QED) is 0.557. The predicted molar refractivity (Wildman–Crippen MR) is 78.1 cm³/mol. The number of terminal acetylenes is 1. The maximum atomic E-state index is 11.6. The minimum atomic E-state index is -1.19. The lowest BCUT2D eigenvalue weighted by molar-refractivity contribution is 0.0698. The zero-order valence-electron chi connectivity index (χ0n) is 10.8. The minimum absolute atomic E-state index is 0.0734. The number of unbranched alkanes of at least 4 members (excludes halogenated alkanes) is 2. The molecule has 0 saturated carbocycles. The number of carbonyl (C=O) groups is 2. The van der Waals surface area contributed by atoms with Gasteiger partial charge in [0.1, 0.15) is 5.56 Å². The molecular formula is C14H15ClN2O3. The van der Waals surface area contributed by atoms with Crippen molar-refractivity contribution in [3.8, 4) is 12.3 Å². The van der Waals surface area contributed by atoms with Crippen LogP contribution in [-0.2, 0) is 0 Å². The maximum absolute atomic E-state index is 11.6. The summed E-state index contributed by atoms with van der Waals surface area (Å²) in [6.45, 7) is 0.469. The van der Waals surface area contributed by atoms with E-state index in [0.717, 1.165) is 12.8 Å². The number of rotatable bonds is 6. The molecule has 6 heteroatoms. The van der Waals surface area contributed by atoms with Gasteiger partial charge in [-0.2, -0.15) is 0 Å². The van der Waals surface area contributed by atoms with Gasteiger partial charge in [0.2, 0.25) is 0 Å². The first-order valence-electron chi connectivity index (χ1n) is 6.06. The van der Waals surface area contributed by atoms with Crippen LogP contribution in [0.2, 0.25) is 5.02 Å². The van der Waals surface area contributed by atoms with Crippen molar-refractivity contribution in [2.24, 2.45) is 0 Å². The molecule has 0 aromatic heterocycles. The molecule has 0 radical (unpaired) electrons. The zero-order chi connectivity index (χ0) is 15.0.